The van der Waals surface area contributed by atoms with Gasteiger partial charge in [0.1, 0.15) is 0 Å². The zero-order valence-corrected chi connectivity index (χ0v) is 11.2. The minimum absolute atomic E-state index is 0.0303. The van der Waals surface area contributed by atoms with Crippen LogP contribution in [0.5, 0.6) is 0 Å². The second-order valence-corrected chi connectivity index (χ2v) is 5.06. The van der Waals surface area contributed by atoms with Gasteiger partial charge in [-0.3, -0.25) is 9.59 Å². The second kappa shape index (κ2) is 7.19. The van der Waals surface area contributed by atoms with Crippen molar-refractivity contribution in [2.45, 2.75) is 39.0 Å². The van der Waals surface area contributed by atoms with Gasteiger partial charge in [-0.25, -0.2) is 0 Å². The molecule has 0 aromatic rings. The van der Waals surface area contributed by atoms with Gasteiger partial charge in [0.2, 0.25) is 11.8 Å². The van der Waals surface area contributed by atoms with Gasteiger partial charge in [-0.1, -0.05) is 18.9 Å². The standard InChI is InChI=1S/C14H24N2O2/c1-3-5-6-11(13(15)17)12(9-10-7-8-10)14(18)16-4-2/h3,10-12H,1,4-9H2,2H3,(H2,15,17)(H,16,18). The molecule has 4 nitrogen and oxygen atoms in total. The highest BCUT2D eigenvalue weighted by molar-refractivity contribution is 5.86. The van der Waals surface area contributed by atoms with Crippen molar-refractivity contribution in [3.8, 4) is 0 Å². The fraction of sp³-hybridized carbons (Fsp3) is 0.714. The minimum atomic E-state index is -0.367. The maximum atomic E-state index is 12.1. The molecule has 0 aromatic carbocycles. The lowest BCUT2D eigenvalue weighted by Crippen LogP contribution is -2.40. The van der Waals surface area contributed by atoms with Gasteiger partial charge in [0.05, 0.1) is 0 Å². The van der Waals surface area contributed by atoms with Crippen LogP contribution in [0.25, 0.3) is 0 Å². The molecule has 0 aliphatic heterocycles. The molecule has 0 spiro atoms. The molecule has 0 radical (unpaired) electrons. The van der Waals surface area contributed by atoms with Gasteiger partial charge < -0.3 is 11.1 Å². The fourth-order valence-corrected chi connectivity index (χ4v) is 2.31. The Morgan fingerprint density at radius 2 is 2.11 bits per heavy atom. The molecule has 2 atom stereocenters. The fourth-order valence-electron chi connectivity index (χ4n) is 2.31. The first-order chi connectivity index (χ1) is 8.60. The van der Waals surface area contributed by atoms with Gasteiger partial charge in [0.15, 0.2) is 0 Å². The number of hydrogen-bond donors (Lipinski definition) is 2. The lowest BCUT2D eigenvalue weighted by Gasteiger charge is -2.23. The van der Waals surface area contributed by atoms with Crippen LogP contribution in [0.3, 0.4) is 0 Å². The first-order valence-electron chi connectivity index (χ1n) is 6.78. The van der Waals surface area contributed by atoms with E-state index in [1.165, 1.54) is 12.8 Å². The van der Waals surface area contributed by atoms with Crippen LogP contribution < -0.4 is 11.1 Å². The summed E-state index contributed by atoms with van der Waals surface area (Å²) in [6.45, 7) is 6.13. The number of allylic oxidation sites excluding steroid dienone is 1. The van der Waals surface area contributed by atoms with E-state index in [0.717, 1.165) is 6.42 Å². The maximum absolute atomic E-state index is 12.1. The predicted molar refractivity (Wildman–Crippen MR) is 71.6 cm³/mol. The lowest BCUT2D eigenvalue weighted by molar-refractivity contribution is -0.133. The Hall–Kier alpha value is -1.32. The number of nitrogens with two attached hydrogens (primary N) is 1. The molecule has 18 heavy (non-hydrogen) atoms. The van der Waals surface area contributed by atoms with E-state index in [1.807, 2.05) is 6.92 Å². The number of carbonyl (C=O) groups excluding carboxylic acids is 2. The Kier molecular flexibility index (Phi) is 5.89. The summed E-state index contributed by atoms with van der Waals surface area (Å²) >= 11 is 0. The van der Waals surface area contributed by atoms with Gasteiger partial charge >= 0.3 is 0 Å². The maximum Gasteiger partial charge on any atom is 0.223 e. The Labute approximate surface area is 109 Å². The average Bonchev–Trinajstić information content (AvgIpc) is 3.11. The molecule has 3 N–H and O–H groups in total. The van der Waals surface area contributed by atoms with Gasteiger partial charge in [0, 0.05) is 18.4 Å². The molecule has 1 saturated carbocycles. The smallest absolute Gasteiger partial charge is 0.223 e. The van der Waals surface area contributed by atoms with Crippen molar-refractivity contribution in [1.82, 2.24) is 5.32 Å². The first kappa shape index (κ1) is 14.7. The summed E-state index contributed by atoms with van der Waals surface area (Å²) in [5.74, 6) is -0.431. The van der Waals surface area contributed by atoms with Gasteiger partial charge in [-0.15, -0.1) is 6.58 Å². The van der Waals surface area contributed by atoms with Crippen LogP contribution >= 0.6 is 0 Å². The molecule has 2 amide bonds. The van der Waals surface area contributed by atoms with E-state index in [2.05, 4.69) is 11.9 Å². The van der Waals surface area contributed by atoms with Gasteiger partial charge in [0.25, 0.3) is 0 Å². The van der Waals surface area contributed by atoms with E-state index in [4.69, 9.17) is 5.73 Å². The van der Waals surface area contributed by atoms with Crippen molar-refractivity contribution < 1.29 is 9.59 Å². The SMILES string of the molecule is C=CCCC(C(N)=O)C(CC1CC1)C(=O)NCC. The summed E-state index contributed by atoms with van der Waals surface area (Å²) in [4.78, 5) is 23.6. The lowest BCUT2D eigenvalue weighted by atomic mass is 9.83. The molecule has 4 heteroatoms. The summed E-state index contributed by atoms with van der Waals surface area (Å²) in [7, 11) is 0. The van der Waals surface area contributed by atoms with E-state index < -0.39 is 0 Å². The number of nitrogens with one attached hydrogen (secondary N) is 1. The van der Waals surface area contributed by atoms with Crippen molar-refractivity contribution in [3.05, 3.63) is 12.7 Å². The Morgan fingerprint density at radius 3 is 2.56 bits per heavy atom. The summed E-state index contributed by atoms with van der Waals surface area (Å²) in [6, 6.07) is 0. The molecule has 0 bridgehead atoms. The largest absolute Gasteiger partial charge is 0.369 e. The predicted octanol–water partition coefficient (Wildman–Crippen LogP) is 1.61. The number of amides is 2. The van der Waals surface area contributed by atoms with E-state index >= 15 is 0 Å². The second-order valence-electron chi connectivity index (χ2n) is 5.06. The number of rotatable bonds is 9. The Balaban J connectivity index is 2.71. The topological polar surface area (TPSA) is 72.2 Å². The molecule has 1 fully saturated rings. The number of carbonyl (C=O) groups is 2. The summed E-state index contributed by atoms with van der Waals surface area (Å²) in [5, 5.41) is 2.82. The minimum Gasteiger partial charge on any atom is -0.369 e. The van der Waals surface area contributed by atoms with Crippen LogP contribution in [0, 0.1) is 17.8 Å². The molecule has 0 saturated heterocycles. The Bertz CT molecular complexity index is 311. The molecular formula is C14H24N2O2. The molecule has 2 unspecified atom stereocenters. The van der Waals surface area contributed by atoms with Crippen LogP contribution in [0.2, 0.25) is 0 Å². The molecule has 102 valence electrons. The highest BCUT2D eigenvalue weighted by Crippen LogP contribution is 2.38. The van der Waals surface area contributed by atoms with Crippen LogP contribution in [0.15, 0.2) is 12.7 Å². The van der Waals surface area contributed by atoms with Crippen molar-refractivity contribution in [3.63, 3.8) is 0 Å². The van der Waals surface area contributed by atoms with Crippen molar-refractivity contribution in [2.75, 3.05) is 6.54 Å². The van der Waals surface area contributed by atoms with E-state index in [0.29, 0.717) is 25.3 Å². The normalized spacial score (nSPS) is 17.8. The first-order valence-corrected chi connectivity index (χ1v) is 6.78. The molecule has 1 aliphatic carbocycles. The van der Waals surface area contributed by atoms with Gasteiger partial charge in [-0.2, -0.15) is 0 Å². The highest BCUT2D eigenvalue weighted by atomic mass is 16.2. The average molecular weight is 252 g/mol. The molecular weight excluding hydrogens is 228 g/mol. The quantitative estimate of drug-likeness (QED) is 0.612. The zero-order valence-electron chi connectivity index (χ0n) is 11.2. The van der Waals surface area contributed by atoms with E-state index in [-0.39, 0.29) is 23.7 Å². The third kappa shape index (κ3) is 4.51. The third-order valence-corrected chi connectivity index (χ3v) is 3.50. The third-order valence-electron chi connectivity index (χ3n) is 3.50. The van der Waals surface area contributed by atoms with E-state index in [9.17, 15) is 9.59 Å². The van der Waals surface area contributed by atoms with E-state index in [1.54, 1.807) is 6.08 Å². The van der Waals surface area contributed by atoms with Crippen LogP contribution in [0.4, 0.5) is 0 Å². The molecule has 0 aromatic heterocycles. The summed E-state index contributed by atoms with van der Waals surface area (Å²) < 4.78 is 0. The van der Waals surface area contributed by atoms with Crippen molar-refractivity contribution >= 4 is 11.8 Å². The molecule has 1 aliphatic rings. The van der Waals surface area contributed by atoms with Gasteiger partial charge in [-0.05, 0) is 32.1 Å². The summed E-state index contributed by atoms with van der Waals surface area (Å²) in [6.07, 6.45) is 6.23. The van der Waals surface area contributed by atoms with Crippen LogP contribution in [-0.2, 0) is 9.59 Å². The zero-order chi connectivity index (χ0) is 13.5. The number of hydrogen-bond acceptors (Lipinski definition) is 2. The molecule has 1 rings (SSSR count). The summed E-state index contributed by atoms with van der Waals surface area (Å²) in [5.41, 5.74) is 5.46. The monoisotopic (exact) mass is 252 g/mol. The molecule has 0 heterocycles. The van der Waals surface area contributed by atoms with Crippen molar-refractivity contribution in [1.29, 1.82) is 0 Å². The Morgan fingerprint density at radius 1 is 1.44 bits per heavy atom. The van der Waals surface area contributed by atoms with Crippen LogP contribution in [0.1, 0.15) is 39.0 Å². The van der Waals surface area contributed by atoms with Crippen LogP contribution in [-0.4, -0.2) is 18.4 Å². The van der Waals surface area contributed by atoms with Crippen molar-refractivity contribution in [2.24, 2.45) is 23.5 Å². The number of primary amides is 1. The highest BCUT2D eigenvalue weighted by Gasteiger charge is 2.36.